The monoisotopic (exact) mass is 349 g/mol. The SMILES string of the molecule is Nc1cc(F)c(Br)cc1Nc1ccc(N2CCCC2)cc1. The molecule has 3 N–H and O–H groups in total. The first-order chi connectivity index (χ1) is 10.1. The highest BCUT2D eigenvalue weighted by atomic mass is 79.9. The zero-order valence-corrected chi connectivity index (χ0v) is 13.2. The van der Waals surface area contributed by atoms with Crippen LogP contribution in [0, 0.1) is 5.82 Å². The van der Waals surface area contributed by atoms with E-state index in [0.29, 0.717) is 15.8 Å². The van der Waals surface area contributed by atoms with Gasteiger partial charge in [-0.3, -0.25) is 0 Å². The van der Waals surface area contributed by atoms with Gasteiger partial charge in [0.2, 0.25) is 0 Å². The molecule has 1 heterocycles. The van der Waals surface area contributed by atoms with Crippen molar-refractivity contribution < 1.29 is 4.39 Å². The largest absolute Gasteiger partial charge is 0.397 e. The Kier molecular flexibility index (Phi) is 4.01. The zero-order chi connectivity index (χ0) is 14.8. The molecule has 1 fully saturated rings. The summed E-state index contributed by atoms with van der Waals surface area (Å²) < 4.78 is 13.8. The summed E-state index contributed by atoms with van der Waals surface area (Å²) in [4.78, 5) is 2.38. The van der Waals surface area contributed by atoms with Crippen LogP contribution in [0.4, 0.5) is 27.1 Å². The minimum Gasteiger partial charge on any atom is -0.397 e. The van der Waals surface area contributed by atoms with Crippen molar-refractivity contribution in [3.8, 4) is 0 Å². The van der Waals surface area contributed by atoms with Crippen LogP contribution in [-0.2, 0) is 0 Å². The van der Waals surface area contributed by atoms with Crippen LogP contribution in [0.25, 0.3) is 0 Å². The summed E-state index contributed by atoms with van der Waals surface area (Å²) in [5, 5.41) is 3.22. The molecule has 0 aliphatic carbocycles. The number of hydrogen-bond donors (Lipinski definition) is 2. The van der Waals surface area contributed by atoms with Crippen LogP contribution >= 0.6 is 15.9 Å². The highest BCUT2D eigenvalue weighted by Gasteiger charge is 2.12. The first kappa shape index (κ1) is 14.2. The molecule has 0 aromatic heterocycles. The number of halogens is 2. The summed E-state index contributed by atoms with van der Waals surface area (Å²) in [6.07, 6.45) is 2.53. The molecule has 5 heteroatoms. The summed E-state index contributed by atoms with van der Waals surface area (Å²) in [5.74, 6) is -0.359. The van der Waals surface area contributed by atoms with Crippen LogP contribution in [0.3, 0.4) is 0 Å². The van der Waals surface area contributed by atoms with Gasteiger partial charge in [0.15, 0.2) is 0 Å². The quantitative estimate of drug-likeness (QED) is 0.800. The maximum absolute atomic E-state index is 13.4. The molecule has 0 bridgehead atoms. The minimum atomic E-state index is -0.359. The fourth-order valence-corrected chi connectivity index (χ4v) is 2.90. The standard InChI is InChI=1S/C16H17BrFN3/c17-13-9-16(15(19)10-14(13)18)20-11-3-5-12(6-4-11)21-7-1-2-8-21/h3-6,9-10,20H,1-2,7-8,19H2. The summed E-state index contributed by atoms with van der Waals surface area (Å²) in [7, 11) is 0. The Morgan fingerprint density at radius 2 is 1.76 bits per heavy atom. The van der Waals surface area contributed by atoms with E-state index in [1.54, 1.807) is 6.07 Å². The van der Waals surface area contributed by atoms with Gasteiger partial charge in [-0.2, -0.15) is 0 Å². The molecule has 1 saturated heterocycles. The number of anilines is 4. The normalized spacial score (nSPS) is 14.5. The highest BCUT2D eigenvalue weighted by molar-refractivity contribution is 9.10. The number of rotatable bonds is 3. The Morgan fingerprint density at radius 3 is 2.43 bits per heavy atom. The van der Waals surface area contributed by atoms with E-state index in [4.69, 9.17) is 5.73 Å². The van der Waals surface area contributed by atoms with E-state index in [1.165, 1.54) is 24.6 Å². The molecule has 0 radical (unpaired) electrons. The molecule has 2 aromatic rings. The predicted molar refractivity (Wildman–Crippen MR) is 89.7 cm³/mol. The van der Waals surface area contributed by atoms with Gasteiger partial charge in [-0.05, 0) is 59.1 Å². The van der Waals surface area contributed by atoms with Gasteiger partial charge >= 0.3 is 0 Å². The van der Waals surface area contributed by atoms with E-state index < -0.39 is 0 Å². The molecule has 1 aliphatic rings. The molecule has 0 unspecified atom stereocenters. The Hall–Kier alpha value is -1.75. The second kappa shape index (κ2) is 5.93. The average Bonchev–Trinajstić information content (AvgIpc) is 3.00. The maximum Gasteiger partial charge on any atom is 0.139 e. The molecule has 1 aliphatic heterocycles. The Bertz CT molecular complexity index is 637. The zero-order valence-electron chi connectivity index (χ0n) is 11.6. The third kappa shape index (κ3) is 3.13. The lowest BCUT2D eigenvalue weighted by molar-refractivity contribution is 0.622. The average molecular weight is 350 g/mol. The van der Waals surface area contributed by atoms with Crippen molar-refractivity contribution in [1.29, 1.82) is 0 Å². The van der Waals surface area contributed by atoms with Crippen LogP contribution in [0.1, 0.15) is 12.8 Å². The van der Waals surface area contributed by atoms with E-state index in [9.17, 15) is 4.39 Å². The van der Waals surface area contributed by atoms with Crippen molar-refractivity contribution in [2.24, 2.45) is 0 Å². The molecule has 21 heavy (non-hydrogen) atoms. The lowest BCUT2D eigenvalue weighted by Gasteiger charge is -2.18. The summed E-state index contributed by atoms with van der Waals surface area (Å²) in [5.41, 5.74) is 9.09. The second-order valence-electron chi connectivity index (χ2n) is 5.22. The molecule has 3 rings (SSSR count). The molecule has 2 aromatic carbocycles. The highest BCUT2D eigenvalue weighted by Crippen LogP contribution is 2.30. The lowest BCUT2D eigenvalue weighted by atomic mass is 10.2. The molecular weight excluding hydrogens is 333 g/mol. The Morgan fingerprint density at radius 1 is 1.10 bits per heavy atom. The number of nitrogens with zero attached hydrogens (tertiary/aromatic N) is 1. The van der Waals surface area contributed by atoms with Crippen LogP contribution in [0.5, 0.6) is 0 Å². The molecule has 0 saturated carbocycles. The summed E-state index contributed by atoms with van der Waals surface area (Å²) in [6, 6.07) is 11.2. The topological polar surface area (TPSA) is 41.3 Å². The van der Waals surface area contributed by atoms with E-state index in [0.717, 1.165) is 18.8 Å². The van der Waals surface area contributed by atoms with Gasteiger partial charge < -0.3 is 16.0 Å². The van der Waals surface area contributed by atoms with Crippen molar-refractivity contribution in [1.82, 2.24) is 0 Å². The van der Waals surface area contributed by atoms with Gasteiger partial charge in [-0.1, -0.05) is 0 Å². The molecule has 0 amide bonds. The second-order valence-corrected chi connectivity index (χ2v) is 6.07. The molecule has 110 valence electrons. The van der Waals surface area contributed by atoms with Gasteiger partial charge in [0.1, 0.15) is 5.82 Å². The maximum atomic E-state index is 13.4. The van der Waals surface area contributed by atoms with Crippen LogP contribution in [0.2, 0.25) is 0 Å². The number of nitrogens with one attached hydrogen (secondary N) is 1. The van der Waals surface area contributed by atoms with Crippen LogP contribution in [-0.4, -0.2) is 13.1 Å². The van der Waals surface area contributed by atoms with E-state index in [1.807, 2.05) is 12.1 Å². The van der Waals surface area contributed by atoms with Crippen molar-refractivity contribution in [3.05, 3.63) is 46.7 Å². The Balaban J connectivity index is 1.77. The number of nitrogens with two attached hydrogens (primary N) is 1. The third-order valence-corrected chi connectivity index (χ3v) is 4.32. The van der Waals surface area contributed by atoms with Gasteiger partial charge in [-0.15, -0.1) is 0 Å². The predicted octanol–water partition coefficient (Wildman–Crippen LogP) is 4.51. The first-order valence-corrected chi connectivity index (χ1v) is 7.79. The van der Waals surface area contributed by atoms with Gasteiger partial charge in [0.05, 0.1) is 15.8 Å². The summed E-state index contributed by atoms with van der Waals surface area (Å²) >= 11 is 3.17. The van der Waals surface area contributed by atoms with Crippen molar-refractivity contribution >= 4 is 38.7 Å². The molecule has 3 nitrogen and oxygen atoms in total. The van der Waals surface area contributed by atoms with Crippen LogP contribution in [0.15, 0.2) is 40.9 Å². The summed E-state index contributed by atoms with van der Waals surface area (Å²) in [6.45, 7) is 2.26. The van der Waals surface area contributed by atoms with Gasteiger partial charge in [0.25, 0.3) is 0 Å². The van der Waals surface area contributed by atoms with Crippen molar-refractivity contribution in [2.75, 3.05) is 29.0 Å². The third-order valence-electron chi connectivity index (χ3n) is 3.71. The molecule has 0 spiro atoms. The van der Waals surface area contributed by atoms with Gasteiger partial charge in [0, 0.05) is 30.5 Å². The minimum absolute atomic E-state index is 0.359. The lowest BCUT2D eigenvalue weighted by Crippen LogP contribution is -2.17. The van der Waals surface area contributed by atoms with E-state index in [-0.39, 0.29) is 5.82 Å². The number of hydrogen-bond acceptors (Lipinski definition) is 3. The number of nitrogen functional groups attached to an aromatic ring is 1. The smallest absolute Gasteiger partial charge is 0.139 e. The molecule has 0 atom stereocenters. The van der Waals surface area contributed by atoms with E-state index in [2.05, 4.69) is 38.3 Å². The van der Waals surface area contributed by atoms with E-state index >= 15 is 0 Å². The fourth-order valence-electron chi connectivity index (χ4n) is 2.56. The van der Waals surface area contributed by atoms with Crippen molar-refractivity contribution in [2.45, 2.75) is 12.8 Å². The van der Waals surface area contributed by atoms with Gasteiger partial charge in [-0.25, -0.2) is 4.39 Å². The first-order valence-electron chi connectivity index (χ1n) is 7.00. The van der Waals surface area contributed by atoms with Crippen molar-refractivity contribution in [3.63, 3.8) is 0 Å². The van der Waals surface area contributed by atoms with Crippen LogP contribution < -0.4 is 16.0 Å². The number of benzene rings is 2. The Labute approximate surface area is 132 Å². The fraction of sp³-hybridized carbons (Fsp3) is 0.250. The molecular formula is C16H17BrFN3.